The van der Waals surface area contributed by atoms with Gasteiger partial charge in [0.25, 0.3) is 5.91 Å². The quantitative estimate of drug-likeness (QED) is 0.314. The highest BCUT2D eigenvalue weighted by molar-refractivity contribution is 7.22. The zero-order valence-corrected chi connectivity index (χ0v) is 19.6. The number of anilines is 1. The number of thiazole rings is 1. The van der Waals surface area contributed by atoms with Crippen LogP contribution < -0.4 is 4.90 Å². The van der Waals surface area contributed by atoms with E-state index < -0.39 is 23.5 Å². The molecule has 0 radical (unpaired) electrons. The van der Waals surface area contributed by atoms with E-state index in [-0.39, 0.29) is 10.6 Å². The Balaban J connectivity index is 1.70. The number of thiophene rings is 1. The average molecular weight is 501 g/mol. The van der Waals surface area contributed by atoms with E-state index in [1.54, 1.807) is 35.7 Å². The van der Waals surface area contributed by atoms with Crippen LogP contribution in [-0.2, 0) is 4.79 Å². The Labute approximate surface area is 201 Å². The molecule has 0 aliphatic carbocycles. The third-order valence-electron chi connectivity index (χ3n) is 5.20. The molecule has 0 saturated carbocycles. The zero-order chi connectivity index (χ0) is 22.6. The summed E-state index contributed by atoms with van der Waals surface area (Å²) in [6, 6.07) is 13.2. The lowest BCUT2D eigenvalue weighted by Crippen LogP contribution is -2.30. The minimum atomic E-state index is -0.895. The molecule has 0 bridgehead atoms. The van der Waals surface area contributed by atoms with Crippen LogP contribution in [0.2, 0.25) is 10.0 Å². The lowest BCUT2D eigenvalue weighted by molar-refractivity contribution is -0.117. The molecular weight excluding hydrogens is 487 g/mol. The standard InChI is InChI=1S/C23H14Cl2N2O3S2/c1-11-4-7-15-17(9-11)32-23(26-15)27-19(12-5-6-13(24)14(25)10-12)18(21(29)22(27)30)20(28)16-3-2-8-31-16/h2-10,19,29H,1H3. The van der Waals surface area contributed by atoms with Crippen molar-refractivity contribution in [3.8, 4) is 0 Å². The number of fused-ring (bicyclic) bond motifs is 1. The molecule has 1 unspecified atom stereocenters. The van der Waals surface area contributed by atoms with Crippen LogP contribution in [-0.4, -0.2) is 21.8 Å². The van der Waals surface area contributed by atoms with E-state index in [4.69, 9.17) is 23.2 Å². The number of carbonyl (C=O) groups is 2. The molecule has 5 rings (SSSR count). The Morgan fingerprint density at radius 2 is 1.94 bits per heavy atom. The van der Waals surface area contributed by atoms with Crippen molar-refractivity contribution in [2.75, 3.05) is 4.90 Å². The molecular formula is C23H14Cl2N2O3S2. The van der Waals surface area contributed by atoms with E-state index >= 15 is 0 Å². The average Bonchev–Trinajstić information content (AvgIpc) is 3.48. The van der Waals surface area contributed by atoms with Gasteiger partial charge in [-0.3, -0.25) is 14.5 Å². The normalized spacial score (nSPS) is 16.4. The number of ketones is 1. The number of rotatable bonds is 4. The van der Waals surface area contributed by atoms with Crippen molar-refractivity contribution in [1.29, 1.82) is 0 Å². The predicted octanol–water partition coefficient (Wildman–Crippen LogP) is 6.76. The summed E-state index contributed by atoms with van der Waals surface area (Å²) in [6.07, 6.45) is 0. The minimum Gasteiger partial charge on any atom is -0.503 e. The number of aliphatic hydroxyl groups is 1. The summed E-state index contributed by atoms with van der Waals surface area (Å²) in [7, 11) is 0. The van der Waals surface area contributed by atoms with Gasteiger partial charge in [-0.1, -0.05) is 52.7 Å². The van der Waals surface area contributed by atoms with Crippen molar-refractivity contribution in [2.24, 2.45) is 0 Å². The van der Waals surface area contributed by atoms with E-state index in [0.29, 0.717) is 20.6 Å². The summed E-state index contributed by atoms with van der Waals surface area (Å²) >= 11 is 14.9. The molecule has 0 fully saturated rings. The highest BCUT2D eigenvalue weighted by Crippen LogP contribution is 2.45. The molecule has 2 aromatic carbocycles. The maximum atomic E-state index is 13.3. The Kier molecular flexibility index (Phi) is 5.29. The van der Waals surface area contributed by atoms with Crippen LogP contribution in [0.4, 0.5) is 5.13 Å². The smallest absolute Gasteiger partial charge is 0.296 e. The van der Waals surface area contributed by atoms with Gasteiger partial charge in [0, 0.05) is 0 Å². The first-order valence-electron chi connectivity index (χ1n) is 9.52. The number of aliphatic hydroxyl groups excluding tert-OH is 1. The molecule has 9 heteroatoms. The highest BCUT2D eigenvalue weighted by atomic mass is 35.5. The number of aromatic nitrogens is 1. The van der Waals surface area contributed by atoms with E-state index in [1.807, 2.05) is 25.1 Å². The number of carbonyl (C=O) groups excluding carboxylic acids is 2. The van der Waals surface area contributed by atoms with Crippen molar-refractivity contribution in [2.45, 2.75) is 13.0 Å². The fourth-order valence-corrected chi connectivity index (χ4v) is 5.77. The van der Waals surface area contributed by atoms with Gasteiger partial charge in [0.1, 0.15) is 0 Å². The molecule has 1 aliphatic heterocycles. The van der Waals surface area contributed by atoms with E-state index in [9.17, 15) is 14.7 Å². The first-order chi connectivity index (χ1) is 15.3. The Hall–Kier alpha value is -2.71. The van der Waals surface area contributed by atoms with Crippen LogP contribution in [0.15, 0.2) is 65.2 Å². The van der Waals surface area contributed by atoms with Gasteiger partial charge in [0.05, 0.1) is 36.8 Å². The second-order valence-electron chi connectivity index (χ2n) is 7.29. The summed E-state index contributed by atoms with van der Waals surface area (Å²) < 4.78 is 0.901. The second-order valence-corrected chi connectivity index (χ2v) is 10.1. The molecule has 5 nitrogen and oxygen atoms in total. The SMILES string of the molecule is Cc1ccc2nc(N3C(=O)C(O)=C(C(=O)c4cccs4)C3c3ccc(Cl)c(Cl)c3)sc2c1. The number of amides is 1. The van der Waals surface area contributed by atoms with Crippen LogP contribution in [0, 0.1) is 6.92 Å². The van der Waals surface area contributed by atoms with Gasteiger partial charge in [-0.2, -0.15) is 0 Å². The fourth-order valence-electron chi connectivity index (χ4n) is 3.70. The lowest BCUT2D eigenvalue weighted by Gasteiger charge is -2.24. The monoisotopic (exact) mass is 500 g/mol. The molecule has 0 saturated heterocycles. The van der Waals surface area contributed by atoms with Gasteiger partial charge < -0.3 is 5.11 Å². The molecule has 32 heavy (non-hydrogen) atoms. The van der Waals surface area contributed by atoms with Gasteiger partial charge >= 0.3 is 0 Å². The molecule has 1 N–H and O–H groups in total. The van der Waals surface area contributed by atoms with Gasteiger partial charge in [-0.15, -0.1) is 11.3 Å². The van der Waals surface area contributed by atoms with E-state index in [1.165, 1.54) is 27.6 Å². The van der Waals surface area contributed by atoms with Gasteiger partial charge in [-0.05, 0) is 53.8 Å². The predicted molar refractivity (Wildman–Crippen MR) is 129 cm³/mol. The Morgan fingerprint density at radius 3 is 2.66 bits per heavy atom. The van der Waals surface area contributed by atoms with Crippen LogP contribution in [0.25, 0.3) is 10.2 Å². The molecule has 3 heterocycles. The molecule has 160 valence electrons. The largest absolute Gasteiger partial charge is 0.503 e. The van der Waals surface area contributed by atoms with E-state index in [0.717, 1.165) is 15.8 Å². The maximum absolute atomic E-state index is 13.3. The topological polar surface area (TPSA) is 70.5 Å². The van der Waals surface area contributed by atoms with Crippen molar-refractivity contribution in [3.05, 3.63) is 91.3 Å². The molecule has 1 amide bonds. The molecule has 1 atom stereocenters. The highest BCUT2D eigenvalue weighted by Gasteiger charge is 2.46. The summed E-state index contributed by atoms with van der Waals surface area (Å²) in [5, 5.41) is 13.6. The molecule has 4 aromatic rings. The number of hydrogen-bond acceptors (Lipinski definition) is 6. The number of benzene rings is 2. The zero-order valence-electron chi connectivity index (χ0n) is 16.5. The summed E-state index contributed by atoms with van der Waals surface area (Å²) in [6.45, 7) is 1.98. The van der Waals surface area contributed by atoms with Crippen LogP contribution in [0.3, 0.4) is 0 Å². The number of Topliss-reactive ketones (excluding diaryl/α,β-unsaturated/α-hetero) is 1. The fraction of sp³-hybridized carbons (Fsp3) is 0.0870. The van der Waals surface area contributed by atoms with E-state index in [2.05, 4.69) is 4.98 Å². The van der Waals surface area contributed by atoms with Crippen molar-refractivity contribution < 1.29 is 14.7 Å². The molecule has 2 aromatic heterocycles. The lowest BCUT2D eigenvalue weighted by atomic mass is 9.95. The van der Waals surface area contributed by atoms with Gasteiger partial charge in [0.15, 0.2) is 10.9 Å². The maximum Gasteiger partial charge on any atom is 0.296 e. The minimum absolute atomic E-state index is 0.00808. The first-order valence-corrected chi connectivity index (χ1v) is 12.0. The summed E-state index contributed by atoms with van der Waals surface area (Å²) in [4.78, 5) is 33.0. The van der Waals surface area contributed by atoms with Crippen molar-refractivity contribution in [1.82, 2.24) is 4.98 Å². The number of nitrogens with zero attached hydrogens (tertiary/aromatic N) is 2. The number of halogens is 2. The molecule has 1 aliphatic rings. The summed E-state index contributed by atoms with van der Waals surface area (Å²) in [5.41, 5.74) is 2.34. The second kappa shape index (κ2) is 8.01. The van der Waals surface area contributed by atoms with Gasteiger partial charge in [0.2, 0.25) is 5.78 Å². The Bertz CT molecular complexity index is 1430. The Morgan fingerprint density at radius 1 is 1.12 bits per heavy atom. The third kappa shape index (κ3) is 3.42. The van der Waals surface area contributed by atoms with Gasteiger partial charge in [-0.25, -0.2) is 4.98 Å². The number of aryl methyl sites for hydroxylation is 1. The first kappa shape index (κ1) is 21.2. The molecule has 0 spiro atoms. The van der Waals surface area contributed by atoms with Crippen LogP contribution in [0.5, 0.6) is 0 Å². The van der Waals surface area contributed by atoms with Crippen molar-refractivity contribution >= 4 is 72.9 Å². The van der Waals surface area contributed by atoms with Crippen molar-refractivity contribution in [3.63, 3.8) is 0 Å². The van der Waals surface area contributed by atoms with Crippen LogP contribution in [0.1, 0.15) is 26.8 Å². The number of hydrogen-bond donors (Lipinski definition) is 1. The summed E-state index contributed by atoms with van der Waals surface area (Å²) in [5.74, 6) is -1.69. The van der Waals surface area contributed by atoms with Crippen LogP contribution >= 0.6 is 45.9 Å². The third-order valence-corrected chi connectivity index (χ3v) is 7.82.